The molecule has 0 aromatic heterocycles. The van der Waals surface area contributed by atoms with E-state index < -0.39 is 5.60 Å². The molecule has 2 rings (SSSR count). The first kappa shape index (κ1) is 12.4. The minimum absolute atomic E-state index is 0.560. The molecule has 3 heteroatoms. The maximum atomic E-state index is 10.6. The fraction of sp³-hybridized carbons (Fsp3) is 0.571. The third kappa shape index (κ3) is 3.45. The molecule has 0 amide bonds. The Balaban J connectivity index is 2.07. The van der Waals surface area contributed by atoms with Crippen molar-refractivity contribution in [3.63, 3.8) is 0 Å². The van der Waals surface area contributed by atoms with Crippen LogP contribution in [-0.4, -0.2) is 30.9 Å². The summed E-state index contributed by atoms with van der Waals surface area (Å²) in [6.07, 6.45) is 3.45. The molecular formula is C14H21NO2. The highest BCUT2D eigenvalue weighted by Gasteiger charge is 2.28. The summed E-state index contributed by atoms with van der Waals surface area (Å²) in [6.45, 7) is 1.92. The van der Waals surface area contributed by atoms with E-state index in [1.54, 1.807) is 7.11 Å². The summed E-state index contributed by atoms with van der Waals surface area (Å²) in [6, 6.07) is 7.98. The Kier molecular flexibility index (Phi) is 4.02. The zero-order valence-electron chi connectivity index (χ0n) is 10.4. The molecule has 1 fully saturated rings. The van der Waals surface area contributed by atoms with Crippen molar-refractivity contribution in [2.24, 2.45) is 0 Å². The van der Waals surface area contributed by atoms with Crippen LogP contribution in [0.1, 0.15) is 24.8 Å². The minimum Gasteiger partial charge on any atom is -0.497 e. The molecule has 0 saturated carbocycles. The fourth-order valence-electron chi connectivity index (χ4n) is 2.45. The molecule has 1 aliphatic heterocycles. The number of ether oxygens (including phenoxy) is 1. The molecule has 94 valence electrons. The van der Waals surface area contributed by atoms with Crippen molar-refractivity contribution < 1.29 is 9.84 Å². The molecule has 2 N–H and O–H groups in total. The van der Waals surface area contributed by atoms with Gasteiger partial charge in [0.2, 0.25) is 0 Å². The van der Waals surface area contributed by atoms with Crippen molar-refractivity contribution in [1.82, 2.24) is 5.32 Å². The van der Waals surface area contributed by atoms with E-state index in [1.165, 1.54) is 0 Å². The fourth-order valence-corrected chi connectivity index (χ4v) is 2.45. The lowest BCUT2D eigenvalue weighted by Crippen LogP contribution is -2.32. The molecule has 0 spiro atoms. The maximum absolute atomic E-state index is 10.6. The second kappa shape index (κ2) is 5.52. The smallest absolute Gasteiger partial charge is 0.119 e. The second-order valence-electron chi connectivity index (χ2n) is 4.86. The van der Waals surface area contributed by atoms with Crippen LogP contribution in [0.2, 0.25) is 0 Å². The maximum Gasteiger partial charge on any atom is 0.119 e. The topological polar surface area (TPSA) is 41.5 Å². The van der Waals surface area contributed by atoms with Crippen LogP contribution < -0.4 is 10.1 Å². The number of nitrogens with one attached hydrogen (secondary N) is 1. The number of hydrogen-bond acceptors (Lipinski definition) is 3. The van der Waals surface area contributed by atoms with E-state index in [1.807, 2.05) is 18.2 Å². The zero-order chi connectivity index (χ0) is 12.1. The van der Waals surface area contributed by atoms with Gasteiger partial charge in [-0.15, -0.1) is 0 Å². The third-order valence-corrected chi connectivity index (χ3v) is 3.43. The lowest BCUT2D eigenvalue weighted by Gasteiger charge is -2.26. The lowest BCUT2D eigenvalue weighted by atomic mass is 9.88. The van der Waals surface area contributed by atoms with E-state index in [4.69, 9.17) is 4.74 Å². The average molecular weight is 235 g/mol. The van der Waals surface area contributed by atoms with Crippen molar-refractivity contribution in [2.45, 2.75) is 31.3 Å². The summed E-state index contributed by atoms with van der Waals surface area (Å²) in [5.41, 5.74) is 0.587. The Labute approximate surface area is 103 Å². The van der Waals surface area contributed by atoms with E-state index in [0.29, 0.717) is 6.42 Å². The molecule has 0 aliphatic carbocycles. The number of methoxy groups -OCH3 is 1. The number of benzene rings is 1. The van der Waals surface area contributed by atoms with Crippen LogP contribution in [0.3, 0.4) is 0 Å². The van der Waals surface area contributed by atoms with Crippen LogP contribution in [0.5, 0.6) is 5.75 Å². The zero-order valence-corrected chi connectivity index (χ0v) is 10.4. The van der Waals surface area contributed by atoms with E-state index >= 15 is 0 Å². The Morgan fingerprint density at radius 1 is 1.35 bits per heavy atom. The Hall–Kier alpha value is -1.06. The lowest BCUT2D eigenvalue weighted by molar-refractivity contribution is 0.0284. The van der Waals surface area contributed by atoms with Gasteiger partial charge in [-0.2, -0.15) is 0 Å². The standard InChI is InChI=1S/C14H21NO2/c1-17-13-5-2-4-12(10-13)11-14(16)6-3-8-15-9-7-14/h2,4-5,10,15-16H,3,6-9,11H2,1H3. The molecule has 1 aliphatic rings. The summed E-state index contributed by atoms with van der Waals surface area (Å²) in [4.78, 5) is 0. The van der Waals surface area contributed by atoms with E-state index in [2.05, 4.69) is 11.4 Å². The van der Waals surface area contributed by atoms with Gasteiger partial charge in [-0.05, 0) is 50.0 Å². The van der Waals surface area contributed by atoms with Crippen LogP contribution in [0.15, 0.2) is 24.3 Å². The average Bonchev–Trinajstić information content (AvgIpc) is 2.54. The molecule has 3 nitrogen and oxygen atoms in total. The van der Waals surface area contributed by atoms with Gasteiger partial charge < -0.3 is 15.2 Å². The Morgan fingerprint density at radius 2 is 2.24 bits per heavy atom. The van der Waals surface area contributed by atoms with E-state index in [0.717, 1.165) is 43.7 Å². The largest absolute Gasteiger partial charge is 0.497 e. The first-order valence-electron chi connectivity index (χ1n) is 6.28. The number of rotatable bonds is 3. The van der Waals surface area contributed by atoms with Gasteiger partial charge >= 0.3 is 0 Å². The molecule has 1 atom stereocenters. The van der Waals surface area contributed by atoms with Gasteiger partial charge in [0, 0.05) is 6.42 Å². The molecule has 1 unspecified atom stereocenters. The predicted octanol–water partition coefficient (Wildman–Crippen LogP) is 1.74. The monoisotopic (exact) mass is 235 g/mol. The molecule has 1 aromatic carbocycles. The first-order chi connectivity index (χ1) is 8.22. The highest BCUT2D eigenvalue weighted by Crippen LogP contribution is 2.25. The van der Waals surface area contributed by atoms with Gasteiger partial charge in [-0.3, -0.25) is 0 Å². The SMILES string of the molecule is COc1cccc(CC2(O)CCCNCC2)c1. The summed E-state index contributed by atoms with van der Waals surface area (Å²) >= 11 is 0. The van der Waals surface area contributed by atoms with Gasteiger partial charge in [-0.1, -0.05) is 12.1 Å². The van der Waals surface area contributed by atoms with Crippen molar-refractivity contribution >= 4 is 0 Å². The van der Waals surface area contributed by atoms with Crippen molar-refractivity contribution in [2.75, 3.05) is 20.2 Å². The van der Waals surface area contributed by atoms with Gasteiger partial charge in [0.05, 0.1) is 12.7 Å². The van der Waals surface area contributed by atoms with Gasteiger partial charge in [0.1, 0.15) is 5.75 Å². The summed E-state index contributed by atoms with van der Waals surface area (Å²) < 4.78 is 5.21. The van der Waals surface area contributed by atoms with Crippen molar-refractivity contribution in [3.05, 3.63) is 29.8 Å². The van der Waals surface area contributed by atoms with Gasteiger partial charge in [-0.25, -0.2) is 0 Å². The normalized spacial score (nSPS) is 25.3. The Bertz CT molecular complexity index is 357. The number of aliphatic hydroxyl groups is 1. The minimum atomic E-state index is -0.560. The van der Waals surface area contributed by atoms with Crippen LogP contribution >= 0.6 is 0 Å². The predicted molar refractivity (Wildman–Crippen MR) is 68.4 cm³/mol. The molecule has 1 saturated heterocycles. The van der Waals surface area contributed by atoms with Crippen LogP contribution in [0.25, 0.3) is 0 Å². The van der Waals surface area contributed by atoms with Gasteiger partial charge in [0.15, 0.2) is 0 Å². The van der Waals surface area contributed by atoms with Crippen molar-refractivity contribution in [1.29, 1.82) is 0 Å². The third-order valence-electron chi connectivity index (χ3n) is 3.43. The molecule has 17 heavy (non-hydrogen) atoms. The van der Waals surface area contributed by atoms with Gasteiger partial charge in [0.25, 0.3) is 0 Å². The van der Waals surface area contributed by atoms with E-state index in [-0.39, 0.29) is 0 Å². The van der Waals surface area contributed by atoms with E-state index in [9.17, 15) is 5.11 Å². The quantitative estimate of drug-likeness (QED) is 0.838. The highest BCUT2D eigenvalue weighted by molar-refractivity contribution is 5.29. The molecule has 1 heterocycles. The Morgan fingerprint density at radius 3 is 3.06 bits per heavy atom. The number of hydrogen-bond donors (Lipinski definition) is 2. The molecule has 0 bridgehead atoms. The molecule has 0 radical (unpaired) electrons. The van der Waals surface area contributed by atoms with Crippen molar-refractivity contribution in [3.8, 4) is 5.75 Å². The summed E-state index contributed by atoms with van der Waals surface area (Å²) in [5.74, 6) is 0.859. The van der Waals surface area contributed by atoms with Crippen LogP contribution in [-0.2, 0) is 6.42 Å². The summed E-state index contributed by atoms with van der Waals surface area (Å²) in [7, 11) is 1.67. The highest BCUT2D eigenvalue weighted by atomic mass is 16.5. The molecule has 1 aromatic rings. The molecular weight excluding hydrogens is 214 g/mol. The van der Waals surface area contributed by atoms with Crippen LogP contribution in [0.4, 0.5) is 0 Å². The summed E-state index contributed by atoms with van der Waals surface area (Å²) in [5, 5.41) is 13.9. The second-order valence-corrected chi connectivity index (χ2v) is 4.86. The van der Waals surface area contributed by atoms with Crippen LogP contribution in [0, 0.1) is 0 Å². The first-order valence-corrected chi connectivity index (χ1v) is 6.28.